The molecule has 2 N–H and O–H groups in total. The predicted octanol–water partition coefficient (Wildman–Crippen LogP) is -0.791. The van der Waals surface area contributed by atoms with Gasteiger partial charge < -0.3 is 9.88 Å². The molecule has 0 spiro atoms. The molecular formula is C11H20N4O2S. The Bertz CT molecular complexity index is 477. The molecule has 0 radical (unpaired) electrons. The molecule has 18 heavy (non-hydrogen) atoms. The van der Waals surface area contributed by atoms with E-state index in [1.54, 1.807) is 30.1 Å². The standard InChI is InChI=1S/C11H20N4O2S/c1-14-6-2-11(10-14)18(16,17)13-5-9-15-7-3-12-4-8-15/h2,6,10,12-13H,3-5,7-9H2,1H3. The minimum Gasteiger partial charge on any atom is -0.356 e. The summed E-state index contributed by atoms with van der Waals surface area (Å²) in [4.78, 5) is 2.58. The van der Waals surface area contributed by atoms with Crippen LogP contribution in [0.3, 0.4) is 0 Å². The topological polar surface area (TPSA) is 66.4 Å². The van der Waals surface area contributed by atoms with Gasteiger partial charge in [-0.2, -0.15) is 0 Å². The van der Waals surface area contributed by atoms with Crippen molar-refractivity contribution >= 4 is 10.0 Å². The highest BCUT2D eigenvalue weighted by Gasteiger charge is 2.15. The van der Waals surface area contributed by atoms with Crippen LogP contribution in [0, 0.1) is 0 Å². The number of hydrogen-bond acceptors (Lipinski definition) is 4. The van der Waals surface area contributed by atoms with Crippen molar-refractivity contribution in [1.82, 2.24) is 19.5 Å². The Labute approximate surface area is 108 Å². The number of piperazine rings is 1. The Morgan fingerprint density at radius 3 is 2.72 bits per heavy atom. The second-order valence-corrected chi connectivity index (χ2v) is 6.27. The van der Waals surface area contributed by atoms with E-state index < -0.39 is 10.0 Å². The van der Waals surface area contributed by atoms with Gasteiger partial charge in [0.25, 0.3) is 0 Å². The summed E-state index contributed by atoms with van der Waals surface area (Å²) in [5.41, 5.74) is 0. The van der Waals surface area contributed by atoms with E-state index in [-0.39, 0.29) is 0 Å². The van der Waals surface area contributed by atoms with Crippen molar-refractivity contribution in [2.75, 3.05) is 39.3 Å². The summed E-state index contributed by atoms with van der Waals surface area (Å²) >= 11 is 0. The molecule has 0 aromatic carbocycles. The molecule has 1 aliphatic rings. The molecule has 1 aromatic rings. The van der Waals surface area contributed by atoms with Crippen LogP contribution in [-0.2, 0) is 17.1 Å². The van der Waals surface area contributed by atoms with Crippen LogP contribution in [0.5, 0.6) is 0 Å². The largest absolute Gasteiger partial charge is 0.356 e. The lowest BCUT2D eigenvalue weighted by atomic mass is 10.3. The number of nitrogens with zero attached hydrogens (tertiary/aromatic N) is 2. The fourth-order valence-electron chi connectivity index (χ4n) is 1.99. The van der Waals surface area contributed by atoms with Crippen molar-refractivity contribution in [2.24, 2.45) is 7.05 Å². The van der Waals surface area contributed by atoms with E-state index in [0.717, 1.165) is 32.7 Å². The van der Waals surface area contributed by atoms with Gasteiger partial charge in [-0.25, -0.2) is 13.1 Å². The number of rotatable bonds is 5. The highest BCUT2D eigenvalue weighted by Crippen LogP contribution is 2.07. The number of sulfonamides is 1. The normalized spacial score (nSPS) is 18.1. The van der Waals surface area contributed by atoms with E-state index in [9.17, 15) is 8.42 Å². The van der Waals surface area contributed by atoms with Crippen LogP contribution >= 0.6 is 0 Å². The smallest absolute Gasteiger partial charge is 0.242 e. The van der Waals surface area contributed by atoms with Gasteiger partial charge in [0.2, 0.25) is 10.0 Å². The van der Waals surface area contributed by atoms with Gasteiger partial charge in [-0.05, 0) is 6.07 Å². The van der Waals surface area contributed by atoms with Gasteiger partial charge in [0.1, 0.15) is 0 Å². The zero-order valence-corrected chi connectivity index (χ0v) is 11.4. The minimum absolute atomic E-state index is 0.324. The van der Waals surface area contributed by atoms with Gasteiger partial charge >= 0.3 is 0 Å². The number of nitrogens with one attached hydrogen (secondary N) is 2. The molecule has 102 valence electrons. The first kappa shape index (κ1) is 13.5. The highest BCUT2D eigenvalue weighted by molar-refractivity contribution is 7.89. The Morgan fingerprint density at radius 1 is 1.39 bits per heavy atom. The van der Waals surface area contributed by atoms with Gasteiger partial charge in [0.05, 0.1) is 4.90 Å². The van der Waals surface area contributed by atoms with Crippen LogP contribution in [0.4, 0.5) is 0 Å². The maximum Gasteiger partial charge on any atom is 0.242 e. The molecule has 0 atom stereocenters. The first-order valence-corrected chi connectivity index (χ1v) is 7.61. The Kier molecular flexibility index (Phi) is 4.39. The summed E-state index contributed by atoms with van der Waals surface area (Å²) in [5, 5.41) is 3.27. The van der Waals surface area contributed by atoms with Crippen molar-refractivity contribution < 1.29 is 8.42 Å². The van der Waals surface area contributed by atoms with Crippen molar-refractivity contribution in [1.29, 1.82) is 0 Å². The molecule has 0 unspecified atom stereocenters. The third-order valence-electron chi connectivity index (χ3n) is 3.04. The van der Waals surface area contributed by atoms with Crippen molar-refractivity contribution in [3.63, 3.8) is 0 Å². The van der Waals surface area contributed by atoms with Crippen LogP contribution < -0.4 is 10.0 Å². The van der Waals surface area contributed by atoms with Crippen LogP contribution in [0.1, 0.15) is 0 Å². The molecule has 0 aliphatic carbocycles. The van der Waals surface area contributed by atoms with Crippen molar-refractivity contribution in [2.45, 2.75) is 4.90 Å². The zero-order chi connectivity index (χ0) is 13.0. The molecule has 1 saturated heterocycles. The van der Waals surface area contributed by atoms with Crippen molar-refractivity contribution in [3.05, 3.63) is 18.5 Å². The number of hydrogen-bond donors (Lipinski definition) is 2. The average molecular weight is 272 g/mol. The third kappa shape index (κ3) is 3.55. The summed E-state index contributed by atoms with van der Waals surface area (Å²) in [6, 6.07) is 1.60. The quantitative estimate of drug-likeness (QED) is 0.737. The summed E-state index contributed by atoms with van der Waals surface area (Å²) in [6.45, 7) is 5.13. The number of aromatic nitrogens is 1. The summed E-state index contributed by atoms with van der Waals surface area (Å²) in [5.74, 6) is 0. The zero-order valence-electron chi connectivity index (χ0n) is 10.6. The second kappa shape index (κ2) is 5.83. The monoisotopic (exact) mass is 272 g/mol. The van der Waals surface area contributed by atoms with Crippen LogP contribution in [0.15, 0.2) is 23.4 Å². The Hall–Kier alpha value is -0.890. The molecule has 2 rings (SSSR count). The fourth-order valence-corrected chi connectivity index (χ4v) is 3.06. The van der Waals surface area contributed by atoms with E-state index in [1.807, 2.05) is 0 Å². The summed E-state index contributed by atoms with van der Waals surface area (Å²) in [6.07, 6.45) is 3.33. The van der Waals surface area contributed by atoms with Crippen molar-refractivity contribution in [3.8, 4) is 0 Å². The average Bonchev–Trinajstić information content (AvgIpc) is 2.78. The lowest BCUT2D eigenvalue weighted by Crippen LogP contribution is -2.46. The van der Waals surface area contributed by atoms with E-state index in [2.05, 4.69) is 14.9 Å². The highest BCUT2D eigenvalue weighted by atomic mass is 32.2. The second-order valence-electron chi connectivity index (χ2n) is 4.50. The van der Waals surface area contributed by atoms with E-state index in [0.29, 0.717) is 11.4 Å². The maximum absolute atomic E-state index is 11.9. The molecule has 0 saturated carbocycles. The van der Waals surface area contributed by atoms with Crippen LogP contribution in [-0.4, -0.2) is 57.2 Å². The Morgan fingerprint density at radius 2 is 2.11 bits per heavy atom. The predicted molar refractivity (Wildman–Crippen MR) is 69.9 cm³/mol. The lowest BCUT2D eigenvalue weighted by molar-refractivity contribution is 0.245. The maximum atomic E-state index is 11.9. The number of aryl methyl sites for hydroxylation is 1. The lowest BCUT2D eigenvalue weighted by Gasteiger charge is -2.26. The molecule has 2 heterocycles. The summed E-state index contributed by atoms with van der Waals surface area (Å²) < 4.78 is 28.2. The fraction of sp³-hybridized carbons (Fsp3) is 0.636. The third-order valence-corrected chi connectivity index (χ3v) is 4.49. The molecule has 7 heteroatoms. The van der Waals surface area contributed by atoms with E-state index in [4.69, 9.17) is 0 Å². The van der Waals surface area contributed by atoms with Gasteiger partial charge in [-0.1, -0.05) is 0 Å². The van der Waals surface area contributed by atoms with E-state index >= 15 is 0 Å². The molecule has 0 bridgehead atoms. The van der Waals surface area contributed by atoms with E-state index in [1.165, 1.54) is 0 Å². The van der Waals surface area contributed by atoms with Crippen LogP contribution in [0.2, 0.25) is 0 Å². The van der Waals surface area contributed by atoms with Gasteiger partial charge in [-0.3, -0.25) is 4.90 Å². The van der Waals surface area contributed by atoms with Gasteiger partial charge in [-0.15, -0.1) is 0 Å². The molecule has 6 nitrogen and oxygen atoms in total. The van der Waals surface area contributed by atoms with Crippen LogP contribution in [0.25, 0.3) is 0 Å². The first-order chi connectivity index (χ1) is 8.58. The minimum atomic E-state index is -3.35. The molecule has 1 aliphatic heterocycles. The van der Waals surface area contributed by atoms with Gasteiger partial charge in [0.15, 0.2) is 0 Å². The molecule has 1 fully saturated rings. The SMILES string of the molecule is Cn1ccc(S(=O)(=O)NCCN2CCNCC2)c1. The van der Waals surface area contributed by atoms with Gasteiger partial charge in [0, 0.05) is 58.7 Å². The summed E-state index contributed by atoms with van der Waals surface area (Å²) in [7, 11) is -1.55. The molecule has 1 aromatic heterocycles. The first-order valence-electron chi connectivity index (χ1n) is 6.13. The molecular weight excluding hydrogens is 252 g/mol. The Balaban J connectivity index is 1.82. The molecule has 0 amide bonds.